The number of nitrogens with one attached hydrogen (secondary N) is 2. The van der Waals surface area contributed by atoms with Crippen LogP contribution in [0.3, 0.4) is 0 Å². The van der Waals surface area contributed by atoms with Gasteiger partial charge in [-0.1, -0.05) is 6.07 Å². The lowest BCUT2D eigenvalue weighted by Gasteiger charge is -2.07. The number of carbonyl (C=O) groups is 2. The van der Waals surface area contributed by atoms with Gasteiger partial charge in [0.2, 0.25) is 10.0 Å². The first kappa shape index (κ1) is 16.8. The van der Waals surface area contributed by atoms with Gasteiger partial charge in [-0.2, -0.15) is 0 Å². The van der Waals surface area contributed by atoms with Gasteiger partial charge in [-0.3, -0.25) is 9.78 Å². The molecule has 21 heavy (non-hydrogen) atoms. The second-order valence-corrected chi connectivity index (χ2v) is 5.87. The molecule has 0 unspecified atom stereocenters. The second kappa shape index (κ2) is 7.50. The summed E-state index contributed by atoms with van der Waals surface area (Å²) < 4.78 is 23.9. The smallest absolute Gasteiger partial charge is 0.328 e. The first-order valence-electron chi connectivity index (χ1n) is 5.88. The average Bonchev–Trinajstić information content (AvgIpc) is 2.40. The molecule has 8 nitrogen and oxygen atoms in total. The Morgan fingerprint density at radius 2 is 2.10 bits per heavy atom. The minimum Gasteiger partial charge on any atom is -0.478 e. The highest BCUT2D eigenvalue weighted by Gasteiger charge is 2.11. The van der Waals surface area contributed by atoms with Crippen molar-refractivity contribution in [3.63, 3.8) is 0 Å². The van der Waals surface area contributed by atoms with Crippen molar-refractivity contribution >= 4 is 28.0 Å². The number of rotatable bonds is 7. The molecule has 0 fully saturated rings. The normalized spacial score (nSPS) is 11.5. The summed E-state index contributed by atoms with van der Waals surface area (Å²) in [5.41, 5.74) is 0.419. The zero-order chi connectivity index (χ0) is 15.9. The third-order valence-electron chi connectivity index (χ3n) is 2.23. The minimum atomic E-state index is -3.31. The number of carboxylic acids is 1. The van der Waals surface area contributed by atoms with Crippen molar-refractivity contribution in [2.24, 2.45) is 0 Å². The topological polar surface area (TPSA) is 125 Å². The number of hydrogen-bond donors (Lipinski definition) is 3. The van der Waals surface area contributed by atoms with Crippen LogP contribution >= 0.6 is 0 Å². The van der Waals surface area contributed by atoms with E-state index in [1.54, 1.807) is 12.1 Å². The maximum atomic E-state index is 11.9. The van der Waals surface area contributed by atoms with Crippen molar-refractivity contribution < 1.29 is 23.1 Å². The van der Waals surface area contributed by atoms with Gasteiger partial charge in [-0.05, 0) is 12.1 Å². The first-order chi connectivity index (χ1) is 9.79. The Labute approximate surface area is 121 Å². The summed E-state index contributed by atoms with van der Waals surface area (Å²) in [6.07, 6.45) is 4.59. The lowest BCUT2D eigenvalue weighted by Crippen LogP contribution is -2.34. The van der Waals surface area contributed by atoms with E-state index in [0.717, 1.165) is 12.3 Å². The van der Waals surface area contributed by atoms with Gasteiger partial charge in [0, 0.05) is 30.9 Å². The zero-order valence-corrected chi connectivity index (χ0v) is 12.1. The number of sulfonamides is 1. The molecule has 1 aromatic heterocycles. The molecule has 0 radical (unpaired) electrons. The third-order valence-corrected chi connectivity index (χ3v) is 2.96. The van der Waals surface area contributed by atoms with Gasteiger partial charge in [0.15, 0.2) is 0 Å². The Hall–Kier alpha value is -2.26. The number of carboxylic acid groups (broad SMARTS) is 1. The van der Waals surface area contributed by atoms with Gasteiger partial charge in [-0.25, -0.2) is 17.9 Å². The van der Waals surface area contributed by atoms with Crippen molar-refractivity contribution in [1.29, 1.82) is 0 Å². The quantitative estimate of drug-likeness (QED) is 0.458. The monoisotopic (exact) mass is 313 g/mol. The molecule has 0 saturated carbocycles. The summed E-state index contributed by atoms with van der Waals surface area (Å²) in [4.78, 5) is 26.3. The van der Waals surface area contributed by atoms with E-state index < -0.39 is 21.9 Å². The maximum absolute atomic E-state index is 11.9. The molecule has 0 aliphatic rings. The van der Waals surface area contributed by atoms with E-state index in [9.17, 15) is 18.0 Å². The largest absolute Gasteiger partial charge is 0.478 e. The molecule has 0 atom stereocenters. The number of carbonyl (C=O) groups excluding carboxylic acids is 1. The van der Waals surface area contributed by atoms with Crippen LogP contribution in [0.25, 0.3) is 6.08 Å². The maximum Gasteiger partial charge on any atom is 0.328 e. The van der Waals surface area contributed by atoms with E-state index in [1.807, 2.05) is 0 Å². The molecule has 0 aliphatic heterocycles. The van der Waals surface area contributed by atoms with Gasteiger partial charge in [0.25, 0.3) is 5.91 Å². The second-order valence-electron chi connectivity index (χ2n) is 4.04. The summed E-state index contributed by atoms with van der Waals surface area (Å²) in [5, 5.41) is 11.1. The van der Waals surface area contributed by atoms with Gasteiger partial charge in [-0.15, -0.1) is 0 Å². The first-order valence-corrected chi connectivity index (χ1v) is 7.77. The Morgan fingerprint density at radius 1 is 1.38 bits per heavy atom. The van der Waals surface area contributed by atoms with Crippen LogP contribution in [0.4, 0.5) is 0 Å². The van der Waals surface area contributed by atoms with Gasteiger partial charge in [0.05, 0.1) is 6.26 Å². The van der Waals surface area contributed by atoms with E-state index in [-0.39, 0.29) is 18.8 Å². The zero-order valence-electron chi connectivity index (χ0n) is 11.2. The Balaban J connectivity index is 2.68. The number of aliphatic carboxylic acids is 1. The molecule has 3 N–H and O–H groups in total. The third kappa shape index (κ3) is 6.63. The molecular formula is C12H15N3O5S. The minimum absolute atomic E-state index is 0.0533. The van der Waals surface area contributed by atoms with Crippen LogP contribution in [0.15, 0.2) is 24.4 Å². The van der Waals surface area contributed by atoms with Crippen molar-refractivity contribution in [1.82, 2.24) is 15.0 Å². The van der Waals surface area contributed by atoms with Crippen LogP contribution in [0, 0.1) is 0 Å². The van der Waals surface area contributed by atoms with Crippen LogP contribution in [-0.2, 0) is 14.8 Å². The molecule has 1 rings (SSSR count). The fraction of sp³-hybridized carbons (Fsp3) is 0.250. The molecule has 0 aliphatic carbocycles. The lowest BCUT2D eigenvalue weighted by molar-refractivity contribution is -0.131. The van der Waals surface area contributed by atoms with Crippen LogP contribution in [-0.4, -0.2) is 49.7 Å². The SMILES string of the molecule is CS(=O)(=O)NCCNC(=O)c1ncccc1/C=C/C(=O)O. The van der Waals surface area contributed by atoms with Crippen molar-refractivity contribution in [3.05, 3.63) is 35.7 Å². The number of amides is 1. The summed E-state index contributed by atoms with van der Waals surface area (Å²) in [7, 11) is -3.31. The van der Waals surface area contributed by atoms with Crippen LogP contribution in [0.1, 0.15) is 16.1 Å². The summed E-state index contributed by atoms with van der Waals surface area (Å²) in [5.74, 6) is -1.65. The van der Waals surface area contributed by atoms with Crippen molar-refractivity contribution in [3.8, 4) is 0 Å². The van der Waals surface area contributed by atoms with Crippen molar-refractivity contribution in [2.75, 3.05) is 19.3 Å². The molecule has 0 aromatic carbocycles. The fourth-order valence-corrected chi connectivity index (χ4v) is 1.87. The highest BCUT2D eigenvalue weighted by atomic mass is 32.2. The number of pyridine rings is 1. The highest BCUT2D eigenvalue weighted by Crippen LogP contribution is 2.07. The van der Waals surface area contributed by atoms with Crippen LogP contribution in [0.5, 0.6) is 0 Å². The van der Waals surface area contributed by atoms with E-state index in [2.05, 4.69) is 15.0 Å². The predicted octanol–water partition coefficient (Wildman–Crippen LogP) is -0.542. The summed E-state index contributed by atoms with van der Waals surface area (Å²) in [6, 6.07) is 3.12. The van der Waals surface area contributed by atoms with E-state index in [1.165, 1.54) is 12.3 Å². The van der Waals surface area contributed by atoms with Gasteiger partial charge in [0.1, 0.15) is 5.69 Å². The molecular weight excluding hydrogens is 298 g/mol. The van der Waals surface area contributed by atoms with E-state index in [4.69, 9.17) is 5.11 Å². The molecule has 0 bridgehead atoms. The molecule has 1 aromatic rings. The number of nitrogens with zero attached hydrogens (tertiary/aromatic N) is 1. The predicted molar refractivity (Wildman–Crippen MR) is 76.1 cm³/mol. The summed E-state index contributed by atoms with van der Waals surface area (Å²) >= 11 is 0. The van der Waals surface area contributed by atoms with Crippen molar-refractivity contribution in [2.45, 2.75) is 0 Å². The Kier molecular flexibility index (Phi) is 6.00. The average molecular weight is 313 g/mol. The van der Waals surface area contributed by atoms with Crippen LogP contribution in [0.2, 0.25) is 0 Å². The highest BCUT2D eigenvalue weighted by molar-refractivity contribution is 7.88. The van der Waals surface area contributed by atoms with Gasteiger partial charge < -0.3 is 10.4 Å². The molecule has 1 heterocycles. The lowest BCUT2D eigenvalue weighted by atomic mass is 10.1. The van der Waals surface area contributed by atoms with Gasteiger partial charge >= 0.3 is 5.97 Å². The van der Waals surface area contributed by atoms with Crippen LogP contribution < -0.4 is 10.0 Å². The Bertz CT molecular complexity index is 655. The standard InChI is InChI=1S/C12H15N3O5S/c1-21(19,20)15-8-7-14-12(18)11-9(3-2-6-13-11)4-5-10(16)17/h2-6,15H,7-8H2,1H3,(H,14,18)(H,16,17)/b5-4+. The molecule has 1 amide bonds. The number of aromatic nitrogens is 1. The van der Waals surface area contributed by atoms with E-state index >= 15 is 0 Å². The fourth-order valence-electron chi connectivity index (χ4n) is 1.40. The number of hydrogen-bond acceptors (Lipinski definition) is 5. The molecule has 114 valence electrons. The molecule has 0 spiro atoms. The molecule has 0 saturated heterocycles. The van der Waals surface area contributed by atoms with E-state index in [0.29, 0.717) is 5.56 Å². The Morgan fingerprint density at radius 3 is 2.71 bits per heavy atom. The summed E-state index contributed by atoms with van der Waals surface area (Å²) in [6.45, 7) is 0.141. The molecule has 9 heteroatoms.